The summed E-state index contributed by atoms with van der Waals surface area (Å²) in [4.78, 5) is 1.21. The zero-order valence-corrected chi connectivity index (χ0v) is 12.2. The molecule has 6 heteroatoms. The van der Waals surface area contributed by atoms with E-state index in [1.807, 2.05) is 31.2 Å². The monoisotopic (exact) mass is 297 g/mol. The number of sulfonamides is 1. The first-order valence-corrected chi connectivity index (χ1v) is 8.42. The van der Waals surface area contributed by atoms with Crippen molar-refractivity contribution in [2.75, 3.05) is 13.1 Å². The first-order chi connectivity index (χ1) is 9.00. The minimum Gasteiger partial charge on any atom is -0.392 e. The van der Waals surface area contributed by atoms with Gasteiger partial charge >= 0.3 is 0 Å². The summed E-state index contributed by atoms with van der Waals surface area (Å²) in [6, 6.07) is 7.55. The molecule has 1 fully saturated rings. The van der Waals surface area contributed by atoms with Crippen molar-refractivity contribution in [1.82, 2.24) is 4.31 Å². The van der Waals surface area contributed by atoms with Crippen LogP contribution in [0.4, 0.5) is 0 Å². The smallest absolute Gasteiger partial charge is 0.244 e. The standard InChI is InChI=1S/C13H15NO3S2/c1-9-13(11-4-2-3-5-12(11)18-9)19(16,17)14-7-6-10(15)8-14/h2-5,10,15H,6-8H2,1H3/t10-/m0/s1. The minimum atomic E-state index is -3.50. The topological polar surface area (TPSA) is 57.6 Å². The molecule has 0 saturated carbocycles. The number of hydrogen-bond donors (Lipinski definition) is 1. The van der Waals surface area contributed by atoms with Crippen LogP contribution in [-0.4, -0.2) is 37.0 Å². The van der Waals surface area contributed by atoms with Crippen LogP contribution >= 0.6 is 11.3 Å². The number of fused-ring (bicyclic) bond motifs is 1. The molecule has 0 spiro atoms. The lowest BCUT2D eigenvalue weighted by Crippen LogP contribution is -2.29. The first-order valence-electron chi connectivity index (χ1n) is 6.16. The van der Waals surface area contributed by atoms with Gasteiger partial charge in [0.1, 0.15) is 4.90 Å². The van der Waals surface area contributed by atoms with E-state index >= 15 is 0 Å². The van der Waals surface area contributed by atoms with Crippen molar-refractivity contribution in [1.29, 1.82) is 0 Å². The summed E-state index contributed by atoms with van der Waals surface area (Å²) < 4.78 is 27.8. The van der Waals surface area contributed by atoms with Gasteiger partial charge in [0, 0.05) is 28.1 Å². The van der Waals surface area contributed by atoms with E-state index in [1.54, 1.807) is 0 Å². The molecule has 2 heterocycles. The van der Waals surface area contributed by atoms with Crippen molar-refractivity contribution >= 4 is 31.4 Å². The van der Waals surface area contributed by atoms with Crippen molar-refractivity contribution < 1.29 is 13.5 Å². The Morgan fingerprint density at radius 1 is 1.37 bits per heavy atom. The van der Waals surface area contributed by atoms with E-state index in [9.17, 15) is 13.5 Å². The van der Waals surface area contributed by atoms with Gasteiger partial charge in [-0.15, -0.1) is 11.3 Å². The van der Waals surface area contributed by atoms with E-state index < -0.39 is 16.1 Å². The van der Waals surface area contributed by atoms with E-state index in [0.29, 0.717) is 17.9 Å². The molecule has 1 N–H and O–H groups in total. The van der Waals surface area contributed by atoms with Gasteiger partial charge in [0.05, 0.1) is 6.10 Å². The molecule has 0 aliphatic carbocycles. The SMILES string of the molecule is Cc1sc2ccccc2c1S(=O)(=O)N1CC[C@H](O)C1. The van der Waals surface area contributed by atoms with E-state index in [2.05, 4.69) is 0 Å². The molecule has 1 saturated heterocycles. The summed E-state index contributed by atoms with van der Waals surface area (Å²) >= 11 is 1.50. The average molecular weight is 297 g/mol. The molecule has 1 aromatic heterocycles. The number of aliphatic hydroxyl groups excluding tert-OH is 1. The quantitative estimate of drug-likeness (QED) is 0.922. The number of β-amino-alcohol motifs (C(OH)–C–C–N with tert-alkyl or cyclic N) is 1. The number of aliphatic hydroxyl groups is 1. The summed E-state index contributed by atoms with van der Waals surface area (Å²) in [5.41, 5.74) is 0. The second-order valence-electron chi connectivity index (χ2n) is 4.79. The molecule has 3 rings (SSSR count). The molecule has 1 aromatic carbocycles. The van der Waals surface area contributed by atoms with Crippen molar-refractivity contribution in [3.63, 3.8) is 0 Å². The number of thiophene rings is 1. The third-order valence-corrected chi connectivity index (χ3v) is 6.71. The van der Waals surface area contributed by atoms with Gasteiger partial charge in [-0.3, -0.25) is 0 Å². The Balaban J connectivity index is 2.16. The molecule has 19 heavy (non-hydrogen) atoms. The lowest BCUT2D eigenvalue weighted by Gasteiger charge is -2.16. The first kappa shape index (κ1) is 13.1. The third-order valence-electron chi connectivity index (χ3n) is 3.44. The van der Waals surface area contributed by atoms with Gasteiger partial charge in [0.2, 0.25) is 10.0 Å². The van der Waals surface area contributed by atoms with Crippen LogP contribution in [0, 0.1) is 6.92 Å². The average Bonchev–Trinajstić information content (AvgIpc) is 2.92. The minimum absolute atomic E-state index is 0.200. The second kappa shape index (κ2) is 4.56. The lowest BCUT2D eigenvalue weighted by atomic mass is 10.2. The Kier molecular flexibility index (Phi) is 3.13. The van der Waals surface area contributed by atoms with Gasteiger partial charge < -0.3 is 5.11 Å². The van der Waals surface area contributed by atoms with Gasteiger partial charge in [-0.05, 0) is 19.4 Å². The summed E-state index contributed by atoms with van der Waals surface area (Å²) in [5, 5.41) is 10.3. The van der Waals surface area contributed by atoms with Crippen LogP contribution in [0.5, 0.6) is 0 Å². The fourth-order valence-corrected chi connectivity index (χ4v) is 5.78. The van der Waals surface area contributed by atoms with E-state index in [0.717, 1.165) is 15.0 Å². The predicted octanol–water partition coefficient (Wildman–Crippen LogP) is 1.97. The molecule has 4 nitrogen and oxygen atoms in total. The van der Waals surface area contributed by atoms with Gasteiger partial charge in [0.25, 0.3) is 0 Å². The van der Waals surface area contributed by atoms with Gasteiger partial charge in [-0.25, -0.2) is 8.42 Å². The largest absolute Gasteiger partial charge is 0.392 e. The van der Waals surface area contributed by atoms with E-state index in [4.69, 9.17) is 0 Å². The van der Waals surface area contributed by atoms with Crippen LogP contribution in [0.15, 0.2) is 29.2 Å². The molecule has 1 aliphatic rings. The lowest BCUT2D eigenvalue weighted by molar-refractivity contribution is 0.189. The number of aryl methyl sites for hydroxylation is 1. The normalized spacial score (nSPS) is 21.3. The van der Waals surface area contributed by atoms with Crippen molar-refractivity contribution in [2.24, 2.45) is 0 Å². The summed E-state index contributed by atoms with van der Waals surface area (Å²) in [7, 11) is -3.50. The van der Waals surface area contributed by atoms with Gasteiger partial charge in [-0.2, -0.15) is 4.31 Å². The molecule has 0 unspecified atom stereocenters. The van der Waals surface area contributed by atoms with E-state index in [1.165, 1.54) is 15.6 Å². The van der Waals surface area contributed by atoms with Crippen LogP contribution in [0.2, 0.25) is 0 Å². The van der Waals surface area contributed by atoms with Crippen molar-refractivity contribution in [3.05, 3.63) is 29.1 Å². The molecule has 0 bridgehead atoms. The van der Waals surface area contributed by atoms with Crippen LogP contribution in [-0.2, 0) is 10.0 Å². The zero-order valence-electron chi connectivity index (χ0n) is 10.5. The zero-order chi connectivity index (χ0) is 13.6. The molecule has 0 amide bonds. The Morgan fingerprint density at radius 2 is 2.11 bits per heavy atom. The second-order valence-corrected chi connectivity index (χ2v) is 7.92. The van der Waals surface area contributed by atoms with E-state index in [-0.39, 0.29) is 6.54 Å². The van der Waals surface area contributed by atoms with Crippen LogP contribution in [0.3, 0.4) is 0 Å². The number of benzene rings is 1. The highest BCUT2D eigenvalue weighted by Gasteiger charge is 2.34. The molecule has 1 aliphatic heterocycles. The Bertz CT molecular complexity index is 721. The summed E-state index contributed by atoms with van der Waals surface area (Å²) in [6.45, 7) is 2.43. The molecule has 0 radical (unpaired) electrons. The highest BCUT2D eigenvalue weighted by Crippen LogP contribution is 2.36. The van der Waals surface area contributed by atoms with Crippen LogP contribution in [0.25, 0.3) is 10.1 Å². The molecular weight excluding hydrogens is 282 g/mol. The van der Waals surface area contributed by atoms with Crippen LogP contribution < -0.4 is 0 Å². The highest BCUT2D eigenvalue weighted by molar-refractivity contribution is 7.89. The maximum atomic E-state index is 12.7. The maximum Gasteiger partial charge on any atom is 0.244 e. The third kappa shape index (κ3) is 2.08. The van der Waals surface area contributed by atoms with Gasteiger partial charge in [-0.1, -0.05) is 18.2 Å². The molecule has 102 valence electrons. The summed E-state index contributed by atoms with van der Waals surface area (Å²) in [5.74, 6) is 0. The maximum absolute atomic E-state index is 12.7. The van der Waals surface area contributed by atoms with Gasteiger partial charge in [0.15, 0.2) is 0 Å². The van der Waals surface area contributed by atoms with Crippen molar-refractivity contribution in [2.45, 2.75) is 24.3 Å². The number of nitrogens with zero attached hydrogens (tertiary/aromatic N) is 1. The van der Waals surface area contributed by atoms with Crippen LogP contribution in [0.1, 0.15) is 11.3 Å². The summed E-state index contributed by atoms with van der Waals surface area (Å²) in [6.07, 6.45) is -0.0275. The Morgan fingerprint density at radius 3 is 2.79 bits per heavy atom. The fraction of sp³-hybridized carbons (Fsp3) is 0.385. The fourth-order valence-electron chi connectivity index (χ4n) is 2.52. The number of rotatable bonds is 2. The molecule has 2 aromatic rings. The number of hydrogen-bond acceptors (Lipinski definition) is 4. The predicted molar refractivity (Wildman–Crippen MR) is 75.9 cm³/mol. The van der Waals surface area contributed by atoms with Crippen molar-refractivity contribution in [3.8, 4) is 0 Å². The Hall–Kier alpha value is -0.950. The molecular formula is C13H15NO3S2. The Labute approximate surface area is 116 Å². The highest BCUT2D eigenvalue weighted by atomic mass is 32.2. The molecule has 1 atom stereocenters.